The second kappa shape index (κ2) is 5.46. The van der Waals surface area contributed by atoms with Gasteiger partial charge in [0.2, 0.25) is 11.7 Å². The van der Waals surface area contributed by atoms with Crippen molar-refractivity contribution in [2.45, 2.75) is 12.5 Å². The van der Waals surface area contributed by atoms with Gasteiger partial charge in [-0.15, -0.1) is 11.6 Å². The second-order valence-corrected chi connectivity index (χ2v) is 3.54. The Morgan fingerprint density at radius 3 is 2.67 bits per heavy atom. The lowest BCUT2D eigenvalue weighted by Gasteiger charge is -2.01. The first kappa shape index (κ1) is 12.3. The summed E-state index contributed by atoms with van der Waals surface area (Å²) in [5.74, 6) is 1.31. The Morgan fingerprint density at radius 2 is 2.11 bits per heavy atom. The summed E-state index contributed by atoms with van der Waals surface area (Å²) in [6.45, 7) is 0.109. The van der Waals surface area contributed by atoms with E-state index in [9.17, 15) is 10.1 Å². The molecule has 0 atom stereocenters. The van der Waals surface area contributed by atoms with Crippen LogP contribution in [0.25, 0.3) is 0 Å². The first-order chi connectivity index (χ1) is 8.69. The van der Waals surface area contributed by atoms with Gasteiger partial charge in [0.25, 0.3) is 5.69 Å². The van der Waals surface area contributed by atoms with E-state index in [-0.39, 0.29) is 18.2 Å². The molecule has 0 aliphatic carbocycles. The monoisotopic (exact) mass is 269 g/mol. The van der Waals surface area contributed by atoms with E-state index < -0.39 is 4.92 Å². The van der Waals surface area contributed by atoms with Gasteiger partial charge in [-0.3, -0.25) is 10.1 Å². The fourth-order valence-corrected chi connectivity index (χ4v) is 1.32. The number of nitro groups is 1. The van der Waals surface area contributed by atoms with E-state index in [1.807, 2.05) is 0 Å². The van der Waals surface area contributed by atoms with Gasteiger partial charge < -0.3 is 9.26 Å². The van der Waals surface area contributed by atoms with Gasteiger partial charge in [0.05, 0.1) is 4.92 Å². The van der Waals surface area contributed by atoms with Crippen molar-refractivity contribution in [3.63, 3.8) is 0 Å². The highest BCUT2D eigenvalue weighted by Gasteiger charge is 2.07. The first-order valence-corrected chi connectivity index (χ1v) is 5.47. The molecule has 8 heteroatoms. The molecule has 1 heterocycles. The molecule has 0 saturated carbocycles. The zero-order valence-electron chi connectivity index (χ0n) is 9.08. The Hall–Kier alpha value is -2.15. The fourth-order valence-electron chi connectivity index (χ4n) is 1.22. The van der Waals surface area contributed by atoms with Gasteiger partial charge in [0.15, 0.2) is 6.61 Å². The van der Waals surface area contributed by atoms with Crippen LogP contribution in [0.1, 0.15) is 11.7 Å². The van der Waals surface area contributed by atoms with E-state index in [0.29, 0.717) is 17.5 Å². The van der Waals surface area contributed by atoms with Gasteiger partial charge in [-0.2, -0.15) is 4.98 Å². The number of hydrogen-bond acceptors (Lipinski definition) is 6. The number of non-ortho nitro benzene ring substituents is 1. The summed E-state index contributed by atoms with van der Waals surface area (Å²) in [7, 11) is 0. The lowest BCUT2D eigenvalue weighted by molar-refractivity contribution is -0.384. The van der Waals surface area contributed by atoms with Gasteiger partial charge in [-0.1, -0.05) is 5.16 Å². The lowest BCUT2D eigenvalue weighted by Crippen LogP contribution is -1.98. The van der Waals surface area contributed by atoms with Crippen LogP contribution in [0.3, 0.4) is 0 Å². The average Bonchev–Trinajstić information content (AvgIpc) is 2.85. The molecular weight excluding hydrogens is 262 g/mol. The highest BCUT2D eigenvalue weighted by molar-refractivity contribution is 6.16. The standard InChI is InChI=1S/C10H8ClN3O4/c11-5-10-12-9(13-18-10)6-17-8-3-1-7(2-4-8)14(15)16/h1-4H,5-6H2. The molecule has 1 aromatic carbocycles. The van der Waals surface area contributed by atoms with Crippen LogP contribution in [0, 0.1) is 10.1 Å². The summed E-state index contributed by atoms with van der Waals surface area (Å²) in [4.78, 5) is 13.9. The van der Waals surface area contributed by atoms with Crippen LogP contribution in [-0.4, -0.2) is 15.1 Å². The van der Waals surface area contributed by atoms with Crippen LogP contribution in [-0.2, 0) is 12.5 Å². The predicted molar refractivity (Wildman–Crippen MR) is 61.3 cm³/mol. The Labute approximate surface area is 106 Å². The molecule has 0 aliphatic heterocycles. The fraction of sp³-hybridized carbons (Fsp3) is 0.200. The lowest BCUT2D eigenvalue weighted by atomic mass is 10.3. The van der Waals surface area contributed by atoms with Gasteiger partial charge in [-0.05, 0) is 12.1 Å². The minimum absolute atomic E-state index is 0.00587. The number of alkyl halides is 1. The number of hydrogen-bond donors (Lipinski definition) is 0. The van der Waals surface area contributed by atoms with Crippen molar-refractivity contribution < 1.29 is 14.2 Å². The zero-order valence-corrected chi connectivity index (χ0v) is 9.83. The molecule has 0 aliphatic rings. The number of nitrogens with zero attached hydrogens (tertiary/aromatic N) is 3. The number of aromatic nitrogens is 2. The highest BCUT2D eigenvalue weighted by atomic mass is 35.5. The van der Waals surface area contributed by atoms with E-state index in [4.69, 9.17) is 20.9 Å². The van der Waals surface area contributed by atoms with Crippen molar-refractivity contribution in [3.8, 4) is 5.75 Å². The predicted octanol–water partition coefficient (Wildman–Crippen LogP) is 2.30. The molecule has 0 bridgehead atoms. The van der Waals surface area contributed by atoms with Gasteiger partial charge in [0, 0.05) is 12.1 Å². The normalized spacial score (nSPS) is 10.3. The third-order valence-corrected chi connectivity index (χ3v) is 2.27. The van der Waals surface area contributed by atoms with Crippen LogP contribution in [0.4, 0.5) is 5.69 Å². The van der Waals surface area contributed by atoms with E-state index in [2.05, 4.69) is 10.1 Å². The third kappa shape index (κ3) is 2.95. The van der Waals surface area contributed by atoms with Crippen LogP contribution in [0.15, 0.2) is 28.8 Å². The number of nitro benzene ring substituents is 1. The zero-order chi connectivity index (χ0) is 13.0. The summed E-state index contributed by atoms with van der Waals surface area (Å²) in [5.41, 5.74) is 0.00587. The summed E-state index contributed by atoms with van der Waals surface area (Å²) < 4.78 is 10.1. The van der Waals surface area contributed by atoms with E-state index in [0.717, 1.165) is 0 Å². The van der Waals surface area contributed by atoms with Crippen LogP contribution < -0.4 is 4.74 Å². The van der Waals surface area contributed by atoms with Crippen molar-refractivity contribution in [2.24, 2.45) is 0 Å². The smallest absolute Gasteiger partial charge is 0.269 e. The van der Waals surface area contributed by atoms with Crippen molar-refractivity contribution in [1.82, 2.24) is 10.1 Å². The molecule has 0 unspecified atom stereocenters. The van der Waals surface area contributed by atoms with Crippen molar-refractivity contribution in [1.29, 1.82) is 0 Å². The molecule has 2 rings (SSSR count). The highest BCUT2D eigenvalue weighted by Crippen LogP contribution is 2.18. The molecule has 2 aromatic rings. The van der Waals surface area contributed by atoms with Crippen LogP contribution >= 0.6 is 11.6 Å². The van der Waals surface area contributed by atoms with Crippen molar-refractivity contribution in [2.75, 3.05) is 0 Å². The maximum absolute atomic E-state index is 10.4. The van der Waals surface area contributed by atoms with Crippen molar-refractivity contribution >= 4 is 17.3 Å². The quantitative estimate of drug-likeness (QED) is 0.470. The number of rotatable bonds is 5. The number of benzene rings is 1. The largest absolute Gasteiger partial charge is 0.485 e. The third-order valence-electron chi connectivity index (χ3n) is 2.04. The number of ether oxygens (including phenoxy) is 1. The minimum atomic E-state index is -0.476. The van der Waals surface area contributed by atoms with Gasteiger partial charge >= 0.3 is 0 Å². The average molecular weight is 270 g/mol. The molecule has 1 aromatic heterocycles. The van der Waals surface area contributed by atoms with Crippen LogP contribution in [0.2, 0.25) is 0 Å². The van der Waals surface area contributed by atoms with E-state index in [1.54, 1.807) is 0 Å². The second-order valence-electron chi connectivity index (χ2n) is 3.28. The maximum Gasteiger partial charge on any atom is 0.269 e. The molecular formula is C10H8ClN3O4. The molecule has 0 radical (unpaired) electrons. The molecule has 0 fully saturated rings. The topological polar surface area (TPSA) is 91.3 Å². The van der Waals surface area contributed by atoms with E-state index >= 15 is 0 Å². The molecule has 0 spiro atoms. The summed E-state index contributed by atoms with van der Waals surface area (Å²) >= 11 is 5.50. The van der Waals surface area contributed by atoms with E-state index in [1.165, 1.54) is 24.3 Å². The molecule has 0 amide bonds. The molecule has 7 nitrogen and oxygen atoms in total. The summed E-state index contributed by atoms with van der Waals surface area (Å²) in [6, 6.07) is 5.72. The van der Waals surface area contributed by atoms with Gasteiger partial charge in [0.1, 0.15) is 11.6 Å². The maximum atomic E-state index is 10.4. The van der Waals surface area contributed by atoms with Crippen LogP contribution in [0.5, 0.6) is 5.75 Å². The Morgan fingerprint density at radius 1 is 1.39 bits per heavy atom. The van der Waals surface area contributed by atoms with Gasteiger partial charge in [-0.25, -0.2) is 0 Å². The Balaban J connectivity index is 1.95. The molecule has 18 heavy (non-hydrogen) atoms. The molecule has 0 N–H and O–H groups in total. The Kier molecular flexibility index (Phi) is 3.73. The number of halogens is 1. The summed E-state index contributed by atoms with van der Waals surface area (Å²) in [6.07, 6.45) is 0. The minimum Gasteiger partial charge on any atom is -0.485 e. The first-order valence-electron chi connectivity index (χ1n) is 4.93. The van der Waals surface area contributed by atoms with Crippen molar-refractivity contribution in [3.05, 3.63) is 46.1 Å². The molecule has 0 saturated heterocycles. The summed E-state index contributed by atoms with van der Waals surface area (Å²) in [5, 5.41) is 14.1. The molecule has 94 valence electrons. The SMILES string of the molecule is O=[N+]([O-])c1ccc(OCc2noc(CCl)n2)cc1. The Bertz CT molecular complexity index is 540.